The van der Waals surface area contributed by atoms with Crippen molar-refractivity contribution >= 4 is 17.2 Å². The van der Waals surface area contributed by atoms with E-state index in [9.17, 15) is 4.79 Å². The van der Waals surface area contributed by atoms with Crippen molar-refractivity contribution in [2.45, 2.75) is 31.6 Å². The number of likely N-dealkylation sites (N-methyl/N-ethyl adjacent to an activating group) is 1. The van der Waals surface area contributed by atoms with Gasteiger partial charge in [-0.3, -0.25) is 9.69 Å². The molecular formula is C18H27N3O2S. The summed E-state index contributed by atoms with van der Waals surface area (Å²) in [6, 6.07) is 2.21. The molecule has 4 rings (SSSR count). The van der Waals surface area contributed by atoms with E-state index in [2.05, 4.69) is 33.7 Å². The van der Waals surface area contributed by atoms with Gasteiger partial charge in [0.05, 0.1) is 18.6 Å². The zero-order valence-electron chi connectivity index (χ0n) is 14.4. The summed E-state index contributed by atoms with van der Waals surface area (Å²) in [5.41, 5.74) is 1.40. The third-order valence-corrected chi connectivity index (χ3v) is 6.37. The Kier molecular flexibility index (Phi) is 4.90. The molecule has 1 aromatic heterocycles. The van der Waals surface area contributed by atoms with Gasteiger partial charge in [-0.2, -0.15) is 11.3 Å². The van der Waals surface area contributed by atoms with Crippen molar-refractivity contribution in [3.8, 4) is 0 Å². The minimum absolute atomic E-state index is 0.135. The van der Waals surface area contributed by atoms with E-state index < -0.39 is 0 Å². The maximum Gasteiger partial charge on any atom is 0.225 e. The minimum Gasteiger partial charge on any atom is -0.373 e. The van der Waals surface area contributed by atoms with Crippen molar-refractivity contribution in [3.63, 3.8) is 0 Å². The lowest BCUT2D eigenvalue weighted by Gasteiger charge is -2.33. The number of carbonyl (C=O) groups is 1. The molecule has 0 saturated carbocycles. The molecular weight excluding hydrogens is 322 g/mol. The zero-order valence-corrected chi connectivity index (χ0v) is 15.2. The Morgan fingerprint density at radius 2 is 2.12 bits per heavy atom. The highest BCUT2D eigenvalue weighted by Crippen LogP contribution is 2.35. The molecule has 3 fully saturated rings. The first-order valence-electron chi connectivity index (χ1n) is 9.02. The smallest absolute Gasteiger partial charge is 0.225 e. The molecule has 0 N–H and O–H groups in total. The number of nitrogens with zero attached hydrogens (tertiary/aromatic N) is 3. The number of amides is 1. The molecule has 4 heterocycles. The van der Waals surface area contributed by atoms with Crippen molar-refractivity contribution in [1.82, 2.24) is 14.7 Å². The molecule has 132 valence electrons. The molecule has 0 aliphatic carbocycles. The van der Waals surface area contributed by atoms with Crippen LogP contribution in [-0.4, -0.2) is 79.1 Å². The van der Waals surface area contributed by atoms with Gasteiger partial charge in [0.1, 0.15) is 0 Å². The van der Waals surface area contributed by atoms with Gasteiger partial charge in [0.15, 0.2) is 0 Å². The number of hydrogen-bond acceptors (Lipinski definition) is 5. The molecule has 3 saturated heterocycles. The highest BCUT2D eigenvalue weighted by atomic mass is 32.1. The number of ether oxygens (including phenoxy) is 1. The predicted molar refractivity (Wildman–Crippen MR) is 95.1 cm³/mol. The van der Waals surface area contributed by atoms with Crippen LogP contribution in [0.2, 0.25) is 0 Å². The third kappa shape index (κ3) is 3.67. The Morgan fingerprint density at radius 3 is 2.83 bits per heavy atom. The molecule has 0 bridgehead atoms. The maximum absolute atomic E-state index is 12.5. The van der Waals surface area contributed by atoms with E-state index in [0.29, 0.717) is 18.4 Å². The third-order valence-electron chi connectivity index (χ3n) is 5.63. The average Bonchev–Trinajstić information content (AvgIpc) is 3.25. The molecule has 0 unspecified atom stereocenters. The lowest BCUT2D eigenvalue weighted by molar-refractivity contribution is -0.135. The molecule has 0 spiro atoms. The Balaban J connectivity index is 1.23. The van der Waals surface area contributed by atoms with Gasteiger partial charge >= 0.3 is 0 Å². The van der Waals surface area contributed by atoms with Crippen LogP contribution in [0.5, 0.6) is 0 Å². The van der Waals surface area contributed by atoms with E-state index in [1.165, 1.54) is 5.56 Å². The van der Waals surface area contributed by atoms with Gasteiger partial charge in [-0.25, -0.2) is 0 Å². The molecule has 3 atom stereocenters. The molecule has 1 amide bonds. The van der Waals surface area contributed by atoms with Crippen LogP contribution in [0.25, 0.3) is 0 Å². The van der Waals surface area contributed by atoms with Gasteiger partial charge < -0.3 is 14.5 Å². The number of piperazine rings is 1. The van der Waals surface area contributed by atoms with Crippen molar-refractivity contribution < 1.29 is 9.53 Å². The summed E-state index contributed by atoms with van der Waals surface area (Å²) >= 11 is 1.76. The number of fused-ring (bicyclic) bond motifs is 1. The van der Waals surface area contributed by atoms with Gasteiger partial charge in [0, 0.05) is 51.7 Å². The van der Waals surface area contributed by atoms with Gasteiger partial charge in [0.25, 0.3) is 0 Å². The molecule has 5 nitrogen and oxygen atoms in total. The maximum atomic E-state index is 12.5. The van der Waals surface area contributed by atoms with Crippen LogP contribution >= 0.6 is 11.3 Å². The van der Waals surface area contributed by atoms with Crippen molar-refractivity contribution in [1.29, 1.82) is 0 Å². The average molecular weight is 350 g/mol. The summed E-state index contributed by atoms with van der Waals surface area (Å²) in [5.74, 6) is 0.886. The van der Waals surface area contributed by atoms with Gasteiger partial charge in [-0.1, -0.05) is 0 Å². The van der Waals surface area contributed by atoms with Crippen LogP contribution in [0, 0.1) is 5.92 Å². The first-order chi connectivity index (χ1) is 11.7. The van der Waals surface area contributed by atoms with E-state index in [1.54, 1.807) is 11.3 Å². The van der Waals surface area contributed by atoms with Crippen LogP contribution < -0.4 is 0 Å². The van der Waals surface area contributed by atoms with Gasteiger partial charge in [-0.15, -0.1) is 0 Å². The van der Waals surface area contributed by atoms with Crippen LogP contribution in [-0.2, 0) is 16.1 Å². The number of hydrogen-bond donors (Lipinski definition) is 0. The molecule has 6 heteroatoms. The van der Waals surface area contributed by atoms with Crippen LogP contribution in [0.15, 0.2) is 16.8 Å². The van der Waals surface area contributed by atoms with Crippen molar-refractivity contribution in [2.24, 2.45) is 5.92 Å². The van der Waals surface area contributed by atoms with Crippen LogP contribution in [0.4, 0.5) is 0 Å². The Bertz CT molecular complexity index is 543. The van der Waals surface area contributed by atoms with Gasteiger partial charge in [-0.05, 0) is 35.9 Å². The number of carbonyl (C=O) groups excluding carboxylic acids is 1. The summed E-state index contributed by atoms with van der Waals surface area (Å²) in [4.78, 5) is 19.3. The second-order valence-corrected chi connectivity index (χ2v) is 8.29. The fourth-order valence-electron chi connectivity index (χ4n) is 4.23. The molecule has 1 aromatic rings. The summed E-state index contributed by atoms with van der Waals surface area (Å²) in [5, 5.41) is 4.37. The van der Waals surface area contributed by atoms with E-state index in [-0.39, 0.29) is 12.0 Å². The molecule has 24 heavy (non-hydrogen) atoms. The summed E-state index contributed by atoms with van der Waals surface area (Å²) in [7, 11) is 2.12. The Hall–Kier alpha value is -0.950. The highest BCUT2D eigenvalue weighted by Gasteiger charge is 2.42. The molecule has 0 radical (unpaired) electrons. The van der Waals surface area contributed by atoms with Crippen molar-refractivity contribution in [2.75, 3.05) is 46.3 Å². The standard InChI is InChI=1S/C18H27N3O2S/c1-19-3-5-21(6-4-19)18(22)9-16-8-15-11-20(12-17(15)23-16)10-14-2-7-24-13-14/h2,7,13,15-17H,3-6,8-12H2,1H3/t15-,16-,17+/m0/s1. The lowest BCUT2D eigenvalue weighted by atomic mass is 10.0. The molecule has 3 aliphatic rings. The molecule has 0 aromatic carbocycles. The van der Waals surface area contributed by atoms with E-state index in [0.717, 1.165) is 52.2 Å². The Morgan fingerprint density at radius 1 is 1.29 bits per heavy atom. The first kappa shape index (κ1) is 16.5. The SMILES string of the molecule is CN1CCN(C(=O)C[C@@H]2C[C@H]3CN(Cc4ccsc4)C[C@H]3O2)CC1. The fraction of sp³-hybridized carbons (Fsp3) is 0.722. The summed E-state index contributed by atoms with van der Waals surface area (Å²) in [6.45, 7) is 6.86. The summed E-state index contributed by atoms with van der Waals surface area (Å²) < 4.78 is 6.22. The number of rotatable bonds is 4. The minimum atomic E-state index is 0.135. The van der Waals surface area contributed by atoms with Crippen LogP contribution in [0.3, 0.4) is 0 Å². The fourth-order valence-corrected chi connectivity index (χ4v) is 4.89. The Labute approximate surface area is 148 Å². The monoisotopic (exact) mass is 349 g/mol. The van der Waals surface area contributed by atoms with Gasteiger partial charge in [0.2, 0.25) is 5.91 Å². The quantitative estimate of drug-likeness (QED) is 0.825. The largest absolute Gasteiger partial charge is 0.373 e. The van der Waals surface area contributed by atoms with E-state index in [4.69, 9.17) is 4.74 Å². The zero-order chi connectivity index (χ0) is 16.5. The lowest BCUT2D eigenvalue weighted by Crippen LogP contribution is -2.47. The second kappa shape index (κ2) is 7.12. The highest BCUT2D eigenvalue weighted by molar-refractivity contribution is 7.07. The topological polar surface area (TPSA) is 36.0 Å². The predicted octanol–water partition coefficient (Wildman–Crippen LogP) is 1.50. The number of thiophene rings is 1. The van der Waals surface area contributed by atoms with E-state index in [1.807, 2.05) is 4.90 Å². The molecule has 3 aliphatic heterocycles. The van der Waals surface area contributed by atoms with E-state index >= 15 is 0 Å². The number of likely N-dealkylation sites (tertiary alicyclic amines) is 1. The summed E-state index contributed by atoms with van der Waals surface area (Å²) in [6.07, 6.45) is 2.08. The second-order valence-electron chi connectivity index (χ2n) is 7.51. The van der Waals surface area contributed by atoms with Crippen molar-refractivity contribution in [3.05, 3.63) is 22.4 Å². The van der Waals surface area contributed by atoms with Crippen LogP contribution in [0.1, 0.15) is 18.4 Å². The first-order valence-corrected chi connectivity index (χ1v) is 9.97. The normalized spacial score (nSPS) is 31.5.